The highest BCUT2D eigenvalue weighted by atomic mass is 35.5. The van der Waals surface area contributed by atoms with E-state index in [1.165, 1.54) is 0 Å². The Morgan fingerprint density at radius 2 is 2.19 bits per heavy atom. The Morgan fingerprint density at radius 1 is 1.44 bits per heavy atom. The van der Waals surface area contributed by atoms with E-state index in [9.17, 15) is 4.79 Å². The average Bonchev–Trinajstić information content (AvgIpc) is 2.40. The van der Waals surface area contributed by atoms with Crippen LogP contribution >= 0.6 is 12.4 Å². The largest absolute Gasteiger partial charge is 0.345 e. The second-order valence-electron chi connectivity index (χ2n) is 4.43. The molecule has 1 aromatic rings. The van der Waals surface area contributed by atoms with Gasteiger partial charge in [0.2, 0.25) is 0 Å². The van der Waals surface area contributed by atoms with Crippen LogP contribution in [0.25, 0.3) is 0 Å². The van der Waals surface area contributed by atoms with Crippen molar-refractivity contribution in [1.82, 2.24) is 19.7 Å². The van der Waals surface area contributed by atoms with Crippen LogP contribution < -0.4 is 11.0 Å². The molecule has 0 atom stereocenters. The molecule has 0 aromatic carbocycles. The van der Waals surface area contributed by atoms with Crippen LogP contribution in [0.5, 0.6) is 0 Å². The van der Waals surface area contributed by atoms with Crippen LogP contribution in [-0.4, -0.2) is 27.4 Å². The highest BCUT2D eigenvalue weighted by Crippen LogP contribution is 2.00. The molecule has 5 nitrogen and oxygen atoms in total. The Bertz CT molecular complexity index is 396. The molecule has 0 fully saturated rings. The number of rotatable bonds is 2. The van der Waals surface area contributed by atoms with Gasteiger partial charge in [-0.3, -0.25) is 4.57 Å². The summed E-state index contributed by atoms with van der Waals surface area (Å²) in [7, 11) is 0. The van der Waals surface area contributed by atoms with E-state index in [4.69, 9.17) is 0 Å². The fraction of sp³-hybridized carbons (Fsp3) is 0.800. The van der Waals surface area contributed by atoms with Gasteiger partial charge in [-0.1, -0.05) is 13.8 Å². The van der Waals surface area contributed by atoms with Crippen LogP contribution in [-0.2, 0) is 19.5 Å². The van der Waals surface area contributed by atoms with Gasteiger partial charge in [0.05, 0.1) is 0 Å². The number of nitrogens with one attached hydrogen (secondary N) is 1. The SMILES string of the molecule is CC(C)Cn1nc2n(c1=O)CCNCC2.Cl. The van der Waals surface area contributed by atoms with Crippen molar-refractivity contribution in [3.05, 3.63) is 16.3 Å². The number of fused-ring (bicyclic) bond motifs is 1. The lowest BCUT2D eigenvalue weighted by Crippen LogP contribution is -2.29. The molecule has 6 heteroatoms. The average molecular weight is 247 g/mol. The van der Waals surface area contributed by atoms with Crippen LogP contribution in [0.1, 0.15) is 19.7 Å². The summed E-state index contributed by atoms with van der Waals surface area (Å²) in [5.74, 6) is 1.38. The van der Waals surface area contributed by atoms with Crippen molar-refractivity contribution in [3.63, 3.8) is 0 Å². The molecule has 0 amide bonds. The summed E-state index contributed by atoms with van der Waals surface area (Å²) in [6.45, 7) is 7.42. The van der Waals surface area contributed by atoms with Crippen molar-refractivity contribution in [2.45, 2.75) is 33.4 Å². The maximum atomic E-state index is 11.9. The van der Waals surface area contributed by atoms with Crippen molar-refractivity contribution in [2.24, 2.45) is 5.92 Å². The molecule has 0 saturated heterocycles. The first-order valence-corrected chi connectivity index (χ1v) is 5.55. The van der Waals surface area contributed by atoms with Gasteiger partial charge in [-0.15, -0.1) is 12.4 Å². The molecular formula is C10H19ClN4O. The molecule has 1 aromatic heterocycles. The summed E-state index contributed by atoms with van der Waals surface area (Å²) in [5, 5.41) is 7.64. The van der Waals surface area contributed by atoms with Crippen molar-refractivity contribution >= 4 is 12.4 Å². The van der Waals surface area contributed by atoms with Gasteiger partial charge in [-0.05, 0) is 5.92 Å². The fourth-order valence-electron chi connectivity index (χ4n) is 1.88. The third-order valence-electron chi connectivity index (χ3n) is 2.58. The van der Waals surface area contributed by atoms with E-state index in [1.807, 2.05) is 0 Å². The van der Waals surface area contributed by atoms with Crippen molar-refractivity contribution < 1.29 is 0 Å². The molecule has 2 rings (SSSR count). The molecule has 2 heterocycles. The second kappa shape index (κ2) is 5.50. The third kappa shape index (κ3) is 2.65. The molecule has 1 N–H and O–H groups in total. The van der Waals surface area contributed by atoms with Gasteiger partial charge >= 0.3 is 5.69 Å². The number of nitrogens with zero attached hydrogens (tertiary/aromatic N) is 3. The normalized spacial score (nSPS) is 15.4. The van der Waals surface area contributed by atoms with Crippen LogP contribution in [0.4, 0.5) is 0 Å². The quantitative estimate of drug-likeness (QED) is 0.815. The maximum absolute atomic E-state index is 11.9. The number of aromatic nitrogens is 3. The van der Waals surface area contributed by atoms with E-state index >= 15 is 0 Å². The zero-order valence-corrected chi connectivity index (χ0v) is 10.6. The predicted octanol–water partition coefficient (Wildman–Crippen LogP) is 0.268. The first-order chi connectivity index (χ1) is 7.18. The first-order valence-electron chi connectivity index (χ1n) is 5.55. The molecule has 92 valence electrons. The molecule has 0 saturated carbocycles. The minimum atomic E-state index is 0. The summed E-state index contributed by atoms with van der Waals surface area (Å²) < 4.78 is 3.40. The van der Waals surface area contributed by atoms with Crippen molar-refractivity contribution in [1.29, 1.82) is 0 Å². The van der Waals surface area contributed by atoms with Crippen LogP contribution in [0, 0.1) is 5.92 Å². The molecule has 0 unspecified atom stereocenters. The highest BCUT2D eigenvalue weighted by molar-refractivity contribution is 5.85. The predicted molar refractivity (Wildman–Crippen MR) is 65.1 cm³/mol. The van der Waals surface area contributed by atoms with E-state index in [-0.39, 0.29) is 18.1 Å². The van der Waals surface area contributed by atoms with E-state index < -0.39 is 0 Å². The summed E-state index contributed by atoms with van der Waals surface area (Å²) in [6, 6.07) is 0. The van der Waals surface area contributed by atoms with Gasteiger partial charge in [0, 0.05) is 32.6 Å². The Balaban J connectivity index is 0.00000128. The number of hydrogen-bond donors (Lipinski definition) is 1. The molecule has 0 radical (unpaired) electrons. The van der Waals surface area contributed by atoms with E-state index in [2.05, 4.69) is 24.3 Å². The van der Waals surface area contributed by atoms with Gasteiger partial charge in [0.25, 0.3) is 0 Å². The van der Waals surface area contributed by atoms with Crippen molar-refractivity contribution in [3.8, 4) is 0 Å². The molecular weight excluding hydrogens is 228 g/mol. The topological polar surface area (TPSA) is 51.9 Å². The second-order valence-corrected chi connectivity index (χ2v) is 4.43. The highest BCUT2D eigenvalue weighted by Gasteiger charge is 2.15. The lowest BCUT2D eigenvalue weighted by Gasteiger charge is -2.02. The van der Waals surface area contributed by atoms with Crippen LogP contribution in [0.2, 0.25) is 0 Å². The number of halogens is 1. The summed E-state index contributed by atoms with van der Waals surface area (Å²) in [4.78, 5) is 11.9. The van der Waals surface area contributed by atoms with Gasteiger partial charge in [-0.2, -0.15) is 5.10 Å². The van der Waals surface area contributed by atoms with Gasteiger partial charge in [0.15, 0.2) is 0 Å². The van der Waals surface area contributed by atoms with E-state index in [0.29, 0.717) is 12.5 Å². The summed E-state index contributed by atoms with van der Waals surface area (Å²) in [6.07, 6.45) is 0.848. The zero-order chi connectivity index (χ0) is 10.8. The van der Waals surface area contributed by atoms with Gasteiger partial charge in [0.1, 0.15) is 5.82 Å². The Kier molecular flexibility index (Phi) is 4.56. The van der Waals surface area contributed by atoms with E-state index in [0.717, 1.165) is 31.9 Å². The Morgan fingerprint density at radius 3 is 2.88 bits per heavy atom. The van der Waals surface area contributed by atoms with Crippen LogP contribution in [0.15, 0.2) is 4.79 Å². The summed E-state index contributed by atoms with van der Waals surface area (Å²) in [5.41, 5.74) is 0.0439. The first kappa shape index (κ1) is 13.3. The molecule has 0 aliphatic carbocycles. The number of hydrogen-bond acceptors (Lipinski definition) is 3. The molecule has 0 spiro atoms. The molecule has 1 aliphatic rings. The maximum Gasteiger partial charge on any atom is 0.345 e. The molecule has 1 aliphatic heterocycles. The lowest BCUT2D eigenvalue weighted by atomic mass is 10.2. The Labute approximate surface area is 101 Å². The Hall–Kier alpha value is -0.810. The van der Waals surface area contributed by atoms with Crippen LogP contribution in [0.3, 0.4) is 0 Å². The standard InChI is InChI=1S/C10H18N4O.ClH/c1-8(2)7-14-10(15)13-6-5-11-4-3-9(13)12-14;/h8,11H,3-7H2,1-2H3;1H. The third-order valence-corrected chi connectivity index (χ3v) is 2.58. The van der Waals surface area contributed by atoms with Gasteiger partial charge in [-0.25, -0.2) is 9.48 Å². The zero-order valence-electron chi connectivity index (χ0n) is 9.77. The summed E-state index contributed by atoms with van der Waals surface area (Å²) >= 11 is 0. The fourth-order valence-corrected chi connectivity index (χ4v) is 1.88. The lowest BCUT2D eigenvalue weighted by molar-refractivity contribution is 0.461. The monoisotopic (exact) mass is 246 g/mol. The molecule has 16 heavy (non-hydrogen) atoms. The van der Waals surface area contributed by atoms with E-state index in [1.54, 1.807) is 9.25 Å². The van der Waals surface area contributed by atoms with Crippen molar-refractivity contribution in [2.75, 3.05) is 13.1 Å². The minimum Gasteiger partial charge on any atom is -0.315 e. The smallest absolute Gasteiger partial charge is 0.315 e. The van der Waals surface area contributed by atoms with Gasteiger partial charge < -0.3 is 5.32 Å². The molecule has 0 bridgehead atoms. The minimum absolute atomic E-state index is 0.